The molecule has 0 radical (unpaired) electrons. The molecule has 1 saturated carbocycles. The molecule has 0 spiro atoms. The molecule has 4 atom stereocenters. The molecule has 2 aromatic rings. The van der Waals surface area contributed by atoms with Gasteiger partial charge in [-0.2, -0.15) is 0 Å². The number of aliphatic hydroxyl groups is 1. The van der Waals surface area contributed by atoms with E-state index in [2.05, 4.69) is 38.2 Å². The highest BCUT2D eigenvalue weighted by molar-refractivity contribution is 5.86. The summed E-state index contributed by atoms with van der Waals surface area (Å²) in [5, 5.41) is 25.8. The minimum absolute atomic E-state index is 0.0497. The molecule has 1 heterocycles. The Morgan fingerprint density at radius 2 is 1.64 bits per heavy atom. The van der Waals surface area contributed by atoms with E-state index in [1.807, 2.05) is 57.2 Å². The molecule has 230 valence electrons. The predicted molar refractivity (Wildman–Crippen MR) is 165 cm³/mol. The Morgan fingerprint density at radius 3 is 2.19 bits per heavy atom. The largest absolute Gasteiger partial charge is 0.496 e. The predicted octanol–water partition coefficient (Wildman–Crippen LogP) is 6.24. The summed E-state index contributed by atoms with van der Waals surface area (Å²) >= 11 is 0. The normalized spacial score (nSPS) is 24.4. The SMILES string of the molecule is COc1ccc(C(C)(C)C)cc1CN[C@H]1[C@H](C(C)(C)C)[C@@H](C(=O)O)N(C(=O)CC2(O)CCCCC2)[C@H]1c1ccccc1. The van der Waals surface area contributed by atoms with E-state index in [-0.39, 0.29) is 23.8 Å². The molecule has 0 unspecified atom stereocenters. The van der Waals surface area contributed by atoms with E-state index in [9.17, 15) is 19.8 Å². The van der Waals surface area contributed by atoms with Crippen LogP contribution in [0.2, 0.25) is 0 Å². The Bertz CT molecular complexity index is 1240. The number of carbonyl (C=O) groups is 2. The van der Waals surface area contributed by atoms with Gasteiger partial charge in [-0.1, -0.05) is 103 Å². The van der Waals surface area contributed by atoms with Gasteiger partial charge in [-0.15, -0.1) is 0 Å². The Kier molecular flexibility index (Phi) is 9.43. The average molecular weight is 579 g/mol. The molecule has 0 bridgehead atoms. The van der Waals surface area contributed by atoms with E-state index >= 15 is 0 Å². The highest BCUT2D eigenvalue weighted by atomic mass is 16.5. The fraction of sp³-hybridized carbons (Fsp3) is 0.600. The van der Waals surface area contributed by atoms with Crippen molar-refractivity contribution in [3.63, 3.8) is 0 Å². The summed E-state index contributed by atoms with van der Waals surface area (Å²) in [5.41, 5.74) is 1.46. The van der Waals surface area contributed by atoms with Crippen LogP contribution in [0.3, 0.4) is 0 Å². The maximum Gasteiger partial charge on any atom is 0.326 e. The summed E-state index contributed by atoms with van der Waals surface area (Å²) < 4.78 is 5.72. The number of hydrogen-bond acceptors (Lipinski definition) is 5. The quantitative estimate of drug-likeness (QED) is 0.343. The number of rotatable bonds is 8. The Balaban J connectivity index is 1.79. The van der Waals surface area contributed by atoms with Crippen LogP contribution in [0.25, 0.3) is 0 Å². The number of methoxy groups -OCH3 is 1. The second kappa shape index (κ2) is 12.4. The first-order chi connectivity index (χ1) is 19.7. The third-order valence-electron chi connectivity index (χ3n) is 9.29. The van der Waals surface area contributed by atoms with Gasteiger partial charge >= 0.3 is 5.97 Å². The van der Waals surface area contributed by atoms with Crippen LogP contribution in [0.15, 0.2) is 48.5 Å². The molecule has 1 aliphatic heterocycles. The zero-order chi connectivity index (χ0) is 30.9. The minimum atomic E-state index is -1.09. The highest BCUT2D eigenvalue weighted by Gasteiger charge is 2.58. The number of likely N-dealkylation sites (tertiary alicyclic amines) is 1. The monoisotopic (exact) mass is 578 g/mol. The van der Waals surface area contributed by atoms with Crippen LogP contribution in [0.5, 0.6) is 5.75 Å². The lowest BCUT2D eigenvalue weighted by Crippen LogP contribution is -2.49. The lowest BCUT2D eigenvalue weighted by atomic mass is 9.72. The number of aliphatic carboxylic acids is 1. The van der Waals surface area contributed by atoms with E-state index in [1.165, 1.54) is 5.56 Å². The van der Waals surface area contributed by atoms with E-state index in [0.29, 0.717) is 19.4 Å². The van der Waals surface area contributed by atoms with Crippen LogP contribution in [0.1, 0.15) is 103 Å². The molecular formula is C35H50N2O5. The van der Waals surface area contributed by atoms with Crippen molar-refractivity contribution in [3.05, 3.63) is 65.2 Å². The second-order valence-corrected chi connectivity index (χ2v) is 14.5. The Morgan fingerprint density at radius 1 is 1.00 bits per heavy atom. The highest BCUT2D eigenvalue weighted by Crippen LogP contribution is 2.49. The zero-order valence-corrected chi connectivity index (χ0v) is 26.4. The van der Waals surface area contributed by atoms with Crippen molar-refractivity contribution in [1.29, 1.82) is 0 Å². The summed E-state index contributed by atoms with van der Waals surface area (Å²) in [6.45, 7) is 13.1. The van der Waals surface area contributed by atoms with Crippen LogP contribution in [-0.2, 0) is 21.5 Å². The summed E-state index contributed by atoms with van der Waals surface area (Å²) in [4.78, 5) is 28.9. The van der Waals surface area contributed by atoms with Crippen LogP contribution >= 0.6 is 0 Å². The topological polar surface area (TPSA) is 99.1 Å². The van der Waals surface area contributed by atoms with E-state index in [0.717, 1.165) is 36.1 Å². The number of nitrogens with zero attached hydrogens (tertiary/aromatic N) is 1. The first-order valence-electron chi connectivity index (χ1n) is 15.4. The fourth-order valence-electron chi connectivity index (χ4n) is 7.13. The number of nitrogens with one attached hydrogen (secondary N) is 1. The number of ether oxygens (including phenoxy) is 1. The molecule has 2 fully saturated rings. The van der Waals surface area contributed by atoms with Crippen LogP contribution in [0.4, 0.5) is 0 Å². The van der Waals surface area contributed by atoms with E-state index < -0.39 is 35.0 Å². The lowest BCUT2D eigenvalue weighted by Gasteiger charge is -2.37. The van der Waals surface area contributed by atoms with Gasteiger partial charge in [0.2, 0.25) is 5.91 Å². The summed E-state index contributed by atoms with van der Waals surface area (Å²) in [6.07, 6.45) is 3.86. The lowest BCUT2D eigenvalue weighted by molar-refractivity contribution is -0.155. The number of benzene rings is 2. The van der Waals surface area contributed by atoms with Crippen molar-refractivity contribution in [2.75, 3.05) is 7.11 Å². The average Bonchev–Trinajstić information content (AvgIpc) is 3.28. The summed E-state index contributed by atoms with van der Waals surface area (Å²) in [7, 11) is 1.66. The third-order valence-corrected chi connectivity index (χ3v) is 9.29. The molecule has 1 amide bonds. The maximum atomic E-state index is 14.2. The van der Waals surface area contributed by atoms with Crippen molar-refractivity contribution < 1.29 is 24.5 Å². The molecule has 3 N–H and O–H groups in total. The van der Waals surface area contributed by atoms with Gasteiger partial charge in [-0.3, -0.25) is 4.79 Å². The molecule has 1 aliphatic carbocycles. The number of carbonyl (C=O) groups excluding carboxylic acids is 1. The maximum absolute atomic E-state index is 14.2. The van der Waals surface area contributed by atoms with Crippen molar-refractivity contribution in [1.82, 2.24) is 10.2 Å². The van der Waals surface area contributed by atoms with Gasteiger partial charge in [-0.05, 0) is 40.9 Å². The van der Waals surface area contributed by atoms with Crippen molar-refractivity contribution in [2.24, 2.45) is 11.3 Å². The minimum Gasteiger partial charge on any atom is -0.496 e. The third kappa shape index (κ3) is 6.84. The summed E-state index contributed by atoms with van der Waals surface area (Å²) in [5.74, 6) is -0.954. The van der Waals surface area contributed by atoms with E-state index in [4.69, 9.17) is 4.74 Å². The van der Waals surface area contributed by atoms with Crippen LogP contribution < -0.4 is 10.1 Å². The molecule has 7 nitrogen and oxygen atoms in total. The number of hydrogen-bond donors (Lipinski definition) is 3. The molecule has 4 rings (SSSR count). The number of carboxylic acids is 1. The van der Waals surface area contributed by atoms with Crippen LogP contribution in [-0.4, -0.2) is 51.8 Å². The Labute approximate surface area is 251 Å². The summed E-state index contributed by atoms with van der Waals surface area (Å²) in [6, 6.07) is 14.0. The first kappa shape index (κ1) is 32.0. The second-order valence-electron chi connectivity index (χ2n) is 14.5. The van der Waals surface area contributed by atoms with Gasteiger partial charge < -0.3 is 25.2 Å². The fourth-order valence-corrected chi connectivity index (χ4v) is 7.13. The van der Waals surface area contributed by atoms with Gasteiger partial charge in [0.1, 0.15) is 11.8 Å². The van der Waals surface area contributed by atoms with Gasteiger partial charge in [0.15, 0.2) is 0 Å². The van der Waals surface area contributed by atoms with E-state index in [1.54, 1.807) is 12.0 Å². The molecule has 1 saturated heterocycles. The van der Waals surface area contributed by atoms with Crippen molar-refractivity contribution >= 4 is 11.9 Å². The van der Waals surface area contributed by atoms with Gasteiger partial charge in [0, 0.05) is 24.1 Å². The molecule has 2 aromatic carbocycles. The standard InChI is InChI=1S/C35H50N2O5/c1-33(2,3)25-16-17-26(42-7)24(20-25)22-36-29-28(34(4,5)6)31(32(39)40)37(30(29)23-14-10-8-11-15-23)27(38)21-35(41)18-12-9-13-19-35/h8,10-11,14-17,20,28-31,36,41H,9,12-13,18-19,21-22H2,1-7H3,(H,39,40)/t28-,29-,30-,31-/m0/s1. The first-order valence-corrected chi connectivity index (χ1v) is 15.4. The van der Waals surface area contributed by atoms with Crippen molar-refractivity contribution in [2.45, 2.75) is 116 Å². The zero-order valence-electron chi connectivity index (χ0n) is 26.4. The molecule has 7 heteroatoms. The van der Waals surface area contributed by atoms with Gasteiger partial charge in [0.25, 0.3) is 0 Å². The van der Waals surface area contributed by atoms with Gasteiger partial charge in [0.05, 0.1) is 25.2 Å². The molecule has 0 aromatic heterocycles. The molecule has 2 aliphatic rings. The number of carboxylic acid groups (broad SMARTS) is 1. The number of amides is 1. The smallest absolute Gasteiger partial charge is 0.326 e. The van der Waals surface area contributed by atoms with Gasteiger partial charge in [-0.25, -0.2) is 4.79 Å². The van der Waals surface area contributed by atoms with Crippen molar-refractivity contribution in [3.8, 4) is 5.75 Å². The molecular weight excluding hydrogens is 528 g/mol. The molecule has 42 heavy (non-hydrogen) atoms. The van der Waals surface area contributed by atoms with Crippen LogP contribution in [0, 0.1) is 11.3 Å². The Hall–Kier alpha value is -2.90.